The van der Waals surface area contributed by atoms with Crippen LogP contribution in [0.15, 0.2) is 60.2 Å². The Morgan fingerprint density at radius 1 is 1.11 bits per heavy atom. The van der Waals surface area contributed by atoms with Crippen LogP contribution >= 0.6 is 11.6 Å². The van der Waals surface area contributed by atoms with Gasteiger partial charge in [-0.2, -0.15) is 5.26 Å². The molecule has 28 heavy (non-hydrogen) atoms. The Morgan fingerprint density at radius 2 is 1.86 bits per heavy atom. The van der Waals surface area contributed by atoms with Crippen molar-refractivity contribution in [1.82, 2.24) is 4.57 Å². The molecule has 140 valence electrons. The van der Waals surface area contributed by atoms with Gasteiger partial charge in [-0.3, -0.25) is 4.79 Å². The molecular formula is C23H20ClN3O. The maximum atomic E-state index is 12.6. The van der Waals surface area contributed by atoms with Crippen LogP contribution in [-0.2, 0) is 4.79 Å². The van der Waals surface area contributed by atoms with Crippen LogP contribution in [0.4, 0.5) is 5.69 Å². The first-order chi connectivity index (χ1) is 13.4. The molecule has 0 atom stereocenters. The van der Waals surface area contributed by atoms with Crippen molar-refractivity contribution >= 4 is 29.3 Å². The normalized spacial score (nSPS) is 11.2. The lowest BCUT2D eigenvalue weighted by molar-refractivity contribution is -0.112. The van der Waals surface area contributed by atoms with E-state index in [0.29, 0.717) is 10.7 Å². The fraction of sp³-hybridized carbons (Fsp3) is 0.130. The highest BCUT2D eigenvalue weighted by Gasteiger charge is 2.14. The van der Waals surface area contributed by atoms with E-state index in [9.17, 15) is 10.1 Å². The van der Waals surface area contributed by atoms with Crippen LogP contribution in [0.2, 0.25) is 5.02 Å². The summed E-state index contributed by atoms with van der Waals surface area (Å²) in [6, 6.07) is 19.0. The highest BCUT2D eigenvalue weighted by molar-refractivity contribution is 6.30. The molecule has 0 aliphatic heterocycles. The number of rotatable bonds is 4. The zero-order valence-corrected chi connectivity index (χ0v) is 16.7. The van der Waals surface area contributed by atoms with Gasteiger partial charge in [-0.15, -0.1) is 0 Å². The number of anilines is 1. The zero-order chi connectivity index (χ0) is 20.3. The fourth-order valence-corrected chi connectivity index (χ4v) is 3.36. The van der Waals surface area contributed by atoms with Crippen molar-refractivity contribution in [3.05, 3.63) is 87.7 Å². The lowest BCUT2D eigenvalue weighted by Crippen LogP contribution is -2.13. The number of nitrogens with zero attached hydrogens (tertiary/aromatic N) is 2. The minimum Gasteiger partial charge on any atom is -0.321 e. The summed E-state index contributed by atoms with van der Waals surface area (Å²) in [4.78, 5) is 12.6. The second-order valence-corrected chi connectivity index (χ2v) is 7.07. The van der Waals surface area contributed by atoms with Gasteiger partial charge in [0.05, 0.1) is 0 Å². The number of nitrogens with one attached hydrogen (secondary N) is 1. The molecule has 0 saturated heterocycles. The second kappa shape index (κ2) is 8.16. The lowest BCUT2D eigenvalue weighted by atomic mass is 10.1. The van der Waals surface area contributed by atoms with Gasteiger partial charge in [0.15, 0.2) is 0 Å². The average Bonchev–Trinajstić information content (AvgIpc) is 2.92. The zero-order valence-electron chi connectivity index (χ0n) is 16.0. The minimum atomic E-state index is -0.430. The van der Waals surface area contributed by atoms with E-state index in [1.807, 2.05) is 79.9 Å². The fourth-order valence-electron chi connectivity index (χ4n) is 3.17. The third-order valence-corrected chi connectivity index (χ3v) is 4.71. The highest BCUT2D eigenvalue weighted by atomic mass is 35.5. The Hall–Kier alpha value is -3.29. The van der Waals surface area contributed by atoms with Crippen molar-refractivity contribution in [2.24, 2.45) is 0 Å². The number of amides is 1. The molecule has 2 aromatic carbocycles. The maximum Gasteiger partial charge on any atom is 0.266 e. The van der Waals surface area contributed by atoms with E-state index in [2.05, 4.69) is 5.32 Å². The van der Waals surface area contributed by atoms with E-state index in [-0.39, 0.29) is 5.57 Å². The van der Waals surface area contributed by atoms with E-state index in [1.165, 1.54) is 0 Å². The summed E-state index contributed by atoms with van der Waals surface area (Å²) in [7, 11) is 0. The van der Waals surface area contributed by atoms with Gasteiger partial charge in [0, 0.05) is 27.8 Å². The molecule has 1 amide bonds. The van der Waals surface area contributed by atoms with Crippen molar-refractivity contribution in [2.75, 3.05) is 5.32 Å². The van der Waals surface area contributed by atoms with Crippen LogP contribution in [0.1, 0.15) is 22.5 Å². The van der Waals surface area contributed by atoms with Gasteiger partial charge in [-0.05, 0) is 74.4 Å². The van der Waals surface area contributed by atoms with Crippen LogP contribution in [0, 0.1) is 32.1 Å². The summed E-state index contributed by atoms with van der Waals surface area (Å²) in [5.41, 5.74) is 5.41. The summed E-state index contributed by atoms with van der Waals surface area (Å²) in [5, 5.41) is 12.9. The molecule has 1 N–H and O–H groups in total. The molecule has 0 aliphatic rings. The minimum absolute atomic E-state index is 0.0489. The maximum absolute atomic E-state index is 12.6. The number of benzene rings is 2. The molecule has 0 unspecified atom stereocenters. The molecular weight excluding hydrogens is 370 g/mol. The molecule has 0 aliphatic carbocycles. The van der Waals surface area contributed by atoms with E-state index in [4.69, 9.17) is 11.6 Å². The first kappa shape index (κ1) is 19.5. The van der Waals surface area contributed by atoms with Crippen LogP contribution < -0.4 is 5.32 Å². The van der Waals surface area contributed by atoms with Gasteiger partial charge in [0.2, 0.25) is 0 Å². The average molecular weight is 390 g/mol. The first-order valence-corrected chi connectivity index (χ1v) is 9.21. The molecule has 4 nitrogen and oxygen atoms in total. The van der Waals surface area contributed by atoms with Crippen LogP contribution in [0.25, 0.3) is 11.8 Å². The molecule has 3 rings (SSSR count). The Morgan fingerprint density at radius 3 is 2.54 bits per heavy atom. The van der Waals surface area contributed by atoms with Crippen LogP contribution in [0.5, 0.6) is 0 Å². The Bertz CT molecular complexity index is 1120. The molecule has 5 heteroatoms. The second-order valence-electron chi connectivity index (χ2n) is 6.64. The Labute approximate surface area is 169 Å². The first-order valence-electron chi connectivity index (χ1n) is 8.83. The smallest absolute Gasteiger partial charge is 0.266 e. The molecule has 0 radical (unpaired) electrons. The summed E-state index contributed by atoms with van der Waals surface area (Å²) in [6.07, 6.45) is 1.62. The lowest BCUT2D eigenvalue weighted by Gasteiger charge is -2.10. The molecule has 3 aromatic rings. The third-order valence-electron chi connectivity index (χ3n) is 4.48. The number of aryl methyl sites for hydroxylation is 2. The Balaban J connectivity index is 1.94. The third kappa shape index (κ3) is 4.16. The summed E-state index contributed by atoms with van der Waals surface area (Å²) >= 11 is 6.12. The van der Waals surface area contributed by atoms with Crippen LogP contribution in [-0.4, -0.2) is 10.5 Å². The van der Waals surface area contributed by atoms with E-state index < -0.39 is 5.91 Å². The molecule has 1 aromatic heterocycles. The largest absolute Gasteiger partial charge is 0.321 e. The molecule has 0 saturated carbocycles. The molecule has 0 fully saturated rings. The molecule has 0 spiro atoms. The number of hydrogen-bond donors (Lipinski definition) is 1. The highest BCUT2D eigenvalue weighted by Crippen LogP contribution is 2.24. The molecule has 0 bridgehead atoms. The number of aromatic nitrogens is 1. The van der Waals surface area contributed by atoms with E-state index in [0.717, 1.165) is 28.2 Å². The van der Waals surface area contributed by atoms with Crippen molar-refractivity contribution < 1.29 is 4.79 Å². The standard InChI is InChI=1S/C23H20ClN3O/c1-15-6-4-8-21(10-15)26-23(28)19(14-25)12-18-11-16(2)27(17(18)3)22-9-5-7-20(24)13-22/h4-13H,1-3H3,(H,26,28)/b19-12-. The number of hydrogen-bond acceptors (Lipinski definition) is 2. The van der Waals surface area contributed by atoms with Gasteiger partial charge in [-0.25, -0.2) is 0 Å². The van der Waals surface area contributed by atoms with Crippen molar-refractivity contribution in [1.29, 1.82) is 5.26 Å². The number of halogens is 1. The predicted octanol–water partition coefficient (Wildman–Crippen LogP) is 5.60. The topological polar surface area (TPSA) is 57.8 Å². The van der Waals surface area contributed by atoms with Gasteiger partial charge >= 0.3 is 0 Å². The summed E-state index contributed by atoms with van der Waals surface area (Å²) in [6.45, 7) is 5.87. The van der Waals surface area contributed by atoms with Crippen molar-refractivity contribution in [3.8, 4) is 11.8 Å². The van der Waals surface area contributed by atoms with Crippen molar-refractivity contribution in [2.45, 2.75) is 20.8 Å². The van der Waals surface area contributed by atoms with Gasteiger partial charge in [0.1, 0.15) is 11.6 Å². The Kier molecular flexibility index (Phi) is 5.67. The molecule has 1 heterocycles. The van der Waals surface area contributed by atoms with Gasteiger partial charge in [0.25, 0.3) is 5.91 Å². The van der Waals surface area contributed by atoms with E-state index in [1.54, 1.807) is 12.1 Å². The monoisotopic (exact) mass is 389 g/mol. The van der Waals surface area contributed by atoms with Crippen molar-refractivity contribution in [3.63, 3.8) is 0 Å². The number of carbonyl (C=O) groups is 1. The predicted molar refractivity (Wildman–Crippen MR) is 114 cm³/mol. The quantitative estimate of drug-likeness (QED) is 0.466. The number of nitriles is 1. The van der Waals surface area contributed by atoms with Gasteiger partial charge < -0.3 is 9.88 Å². The van der Waals surface area contributed by atoms with E-state index >= 15 is 0 Å². The summed E-state index contributed by atoms with van der Waals surface area (Å²) in [5.74, 6) is -0.430. The summed E-state index contributed by atoms with van der Waals surface area (Å²) < 4.78 is 2.05. The van der Waals surface area contributed by atoms with Crippen LogP contribution in [0.3, 0.4) is 0 Å². The number of carbonyl (C=O) groups excluding carboxylic acids is 1. The SMILES string of the molecule is Cc1cccc(NC(=O)/C(C#N)=C\c2cc(C)n(-c3cccc(Cl)c3)c2C)c1. The van der Waals surface area contributed by atoms with Gasteiger partial charge in [-0.1, -0.05) is 29.8 Å².